The minimum atomic E-state index is -0.251. The van der Waals surface area contributed by atoms with Crippen LogP contribution in [0.2, 0.25) is 0 Å². The Morgan fingerprint density at radius 3 is 2.47 bits per heavy atom. The number of thioether (sulfide) groups is 1. The van der Waals surface area contributed by atoms with Crippen LogP contribution >= 0.6 is 11.8 Å². The van der Waals surface area contributed by atoms with Gasteiger partial charge in [0.25, 0.3) is 0 Å². The molecular formula is C16H16O2S. The van der Waals surface area contributed by atoms with Crippen LogP contribution in [0.1, 0.15) is 22.8 Å². The molecule has 0 N–H and O–H groups in total. The fraction of sp³-hybridized carbons (Fsp3) is 0.188. The van der Waals surface area contributed by atoms with Crippen molar-refractivity contribution in [2.24, 2.45) is 0 Å². The lowest BCUT2D eigenvalue weighted by Crippen LogP contribution is -2.05. The molecule has 2 aromatic carbocycles. The van der Waals surface area contributed by atoms with Crippen molar-refractivity contribution in [3.05, 3.63) is 65.7 Å². The van der Waals surface area contributed by atoms with E-state index in [4.69, 9.17) is 4.74 Å². The predicted molar refractivity (Wildman–Crippen MR) is 78.4 cm³/mol. The first kappa shape index (κ1) is 13.7. The topological polar surface area (TPSA) is 26.3 Å². The summed E-state index contributed by atoms with van der Waals surface area (Å²) >= 11 is 1.65. The summed E-state index contributed by atoms with van der Waals surface area (Å²) in [6, 6.07) is 17.8. The van der Waals surface area contributed by atoms with E-state index in [1.165, 1.54) is 5.56 Å². The summed E-state index contributed by atoms with van der Waals surface area (Å²) in [7, 11) is 0. The molecule has 19 heavy (non-hydrogen) atoms. The second-order valence-electron chi connectivity index (χ2n) is 3.99. The quantitative estimate of drug-likeness (QED) is 0.604. The molecule has 0 aliphatic heterocycles. The van der Waals surface area contributed by atoms with E-state index in [0.717, 1.165) is 10.6 Å². The van der Waals surface area contributed by atoms with E-state index < -0.39 is 0 Å². The summed E-state index contributed by atoms with van der Waals surface area (Å²) in [6.07, 6.45) is 0. The van der Waals surface area contributed by atoms with Crippen molar-refractivity contribution in [1.82, 2.24) is 0 Å². The molecule has 2 rings (SSSR count). The van der Waals surface area contributed by atoms with Gasteiger partial charge in [0.05, 0.1) is 12.2 Å². The van der Waals surface area contributed by atoms with Gasteiger partial charge in [0, 0.05) is 10.6 Å². The molecule has 0 spiro atoms. The number of ether oxygens (including phenoxy) is 1. The second-order valence-corrected chi connectivity index (χ2v) is 5.01. The molecular weight excluding hydrogens is 256 g/mol. The SMILES string of the molecule is CCOC(=O)c1ccccc1SCc1ccccc1. The number of hydrogen-bond donors (Lipinski definition) is 0. The molecule has 0 heterocycles. The Bertz CT molecular complexity index is 537. The van der Waals surface area contributed by atoms with Gasteiger partial charge in [0.2, 0.25) is 0 Å². The molecule has 98 valence electrons. The molecule has 0 fully saturated rings. The van der Waals surface area contributed by atoms with Gasteiger partial charge >= 0.3 is 5.97 Å². The van der Waals surface area contributed by atoms with Crippen molar-refractivity contribution in [2.45, 2.75) is 17.6 Å². The van der Waals surface area contributed by atoms with E-state index in [9.17, 15) is 4.79 Å². The van der Waals surface area contributed by atoms with Crippen LogP contribution in [0.15, 0.2) is 59.5 Å². The maximum absolute atomic E-state index is 11.8. The van der Waals surface area contributed by atoms with Crippen molar-refractivity contribution in [3.8, 4) is 0 Å². The molecule has 0 radical (unpaired) electrons. The predicted octanol–water partition coefficient (Wildman–Crippen LogP) is 4.16. The Labute approximate surface area is 117 Å². The summed E-state index contributed by atoms with van der Waals surface area (Å²) in [5.41, 5.74) is 1.89. The van der Waals surface area contributed by atoms with Gasteiger partial charge in [-0.2, -0.15) is 0 Å². The van der Waals surface area contributed by atoms with Crippen LogP contribution < -0.4 is 0 Å². The maximum atomic E-state index is 11.8. The molecule has 0 aliphatic carbocycles. The standard InChI is InChI=1S/C16H16O2S/c1-2-18-16(17)14-10-6-7-11-15(14)19-12-13-8-4-3-5-9-13/h3-11H,2,12H2,1H3. The highest BCUT2D eigenvalue weighted by Gasteiger charge is 2.11. The fourth-order valence-electron chi connectivity index (χ4n) is 1.71. The molecule has 0 unspecified atom stereocenters. The normalized spacial score (nSPS) is 10.2. The van der Waals surface area contributed by atoms with Crippen molar-refractivity contribution in [1.29, 1.82) is 0 Å². The third kappa shape index (κ3) is 3.86. The van der Waals surface area contributed by atoms with Crippen molar-refractivity contribution < 1.29 is 9.53 Å². The Morgan fingerprint density at radius 1 is 1.05 bits per heavy atom. The number of esters is 1. The van der Waals surface area contributed by atoms with Crippen molar-refractivity contribution >= 4 is 17.7 Å². The van der Waals surface area contributed by atoms with Gasteiger partial charge in [0.15, 0.2) is 0 Å². The van der Waals surface area contributed by atoms with Gasteiger partial charge in [-0.15, -0.1) is 11.8 Å². The summed E-state index contributed by atoms with van der Waals surface area (Å²) in [4.78, 5) is 12.8. The van der Waals surface area contributed by atoms with Gasteiger partial charge in [-0.3, -0.25) is 0 Å². The van der Waals surface area contributed by atoms with Crippen LogP contribution in [-0.4, -0.2) is 12.6 Å². The first-order valence-corrected chi connectivity index (χ1v) is 7.22. The highest BCUT2D eigenvalue weighted by Crippen LogP contribution is 2.26. The van der Waals surface area contributed by atoms with E-state index in [1.54, 1.807) is 11.8 Å². The number of carbonyl (C=O) groups is 1. The number of benzene rings is 2. The van der Waals surface area contributed by atoms with E-state index in [2.05, 4.69) is 12.1 Å². The average Bonchev–Trinajstić information content (AvgIpc) is 2.47. The summed E-state index contributed by atoms with van der Waals surface area (Å²) in [6.45, 7) is 2.22. The fourth-order valence-corrected chi connectivity index (χ4v) is 2.70. The van der Waals surface area contributed by atoms with E-state index in [1.807, 2.05) is 49.4 Å². The largest absolute Gasteiger partial charge is 0.462 e. The van der Waals surface area contributed by atoms with Crippen LogP contribution in [0, 0.1) is 0 Å². The zero-order chi connectivity index (χ0) is 13.5. The molecule has 0 aliphatic rings. The third-order valence-electron chi connectivity index (χ3n) is 2.62. The van der Waals surface area contributed by atoms with Crippen LogP contribution in [0.4, 0.5) is 0 Å². The maximum Gasteiger partial charge on any atom is 0.339 e. The summed E-state index contributed by atoms with van der Waals surface area (Å²) in [5.74, 6) is 0.593. The molecule has 0 saturated carbocycles. The number of rotatable bonds is 5. The Morgan fingerprint density at radius 2 is 1.74 bits per heavy atom. The average molecular weight is 272 g/mol. The molecule has 0 saturated heterocycles. The van der Waals surface area contributed by atoms with Gasteiger partial charge in [0.1, 0.15) is 0 Å². The Hall–Kier alpha value is -1.74. The minimum Gasteiger partial charge on any atom is -0.462 e. The molecule has 0 atom stereocenters. The van der Waals surface area contributed by atoms with Crippen LogP contribution in [0.25, 0.3) is 0 Å². The lowest BCUT2D eigenvalue weighted by molar-refractivity contribution is 0.0522. The smallest absolute Gasteiger partial charge is 0.339 e. The molecule has 0 bridgehead atoms. The van der Waals surface area contributed by atoms with Gasteiger partial charge in [-0.1, -0.05) is 42.5 Å². The lowest BCUT2D eigenvalue weighted by Gasteiger charge is -2.08. The third-order valence-corrected chi connectivity index (χ3v) is 3.76. The van der Waals surface area contributed by atoms with Gasteiger partial charge in [-0.25, -0.2) is 4.79 Å². The zero-order valence-corrected chi connectivity index (χ0v) is 11.7. The molecule has 2 nitrogen and oxygen atoms in total. The molecule has 3 heteroatoms. The van der Waals surface area contributed by atoms with Crippen molar-refractivity contribution in [2.75, 3.05) is 6.61 Å². The first-order valence-electron chi connectivity index (χ1n) is 6.24. The van der Waals surface area contributed by atoms with Crippen LogP contribution in [-0.2, 0) is 10.5 Å². The first-order chi connectivity index (χ1) is 9.31. The van der Waals surface area contributed by atoms with E-state index in [0.29, 0.717) is 12.2 Å². The molecule has 2 aromatic rings. The lowest BCUT2D eigenvalue weighted by atomic mass is 10.2. The number of hydrogen-bond acceptors (Lipinski definition) is 3. The van der Waals surface area contributed by atoms with Gasteiger partial charge in [-0.05, 0) is 24.6 Å². The minimum absolute atomic E-state index is 0.251. The zero-order valence-electron chi connectivity index (χ0n) is 10.8. The summed E-state index contributed by atoms with van der Waals surface area (Å²) < 4.78 is 5.07. The van der Waals surface area contributed by atoms with Gasteiger partial charge < -0.3 is 4.74 Å². The highest BCUT2D eigenvalue weighted by atomic mass is 32.2. The monoisotopic (exact) mass is 272 g/mol. The van der Waals surface area contributed by atoms with Crippen LogP contribution in [0.3, 0.4) is 0 Å². The molecule has 0 amide bonds. The van der Waals surface area contributed by atoms with E-state index in [-0.39, 0.29) is 5.97 Å². The number of carbonyl (C=O) groups excluding carboxylic acids is 1. The highest BCUT2D eigenvalue weighted by molar-refractivity contribution is 7.98. The second kappa shape index (κ2) is 7.00. The molecule has 0 aromatic heterocycles. The summed E-state index contributed by atoms with van der Waals surface area (Å²) in [5, 5.41) is 0. The van der Waals surface area contributed by atoms with Crippen LogP contribution in [0.5, 0.6) is 0 Å². The Balaban J connectivity index is 2.10. The van der Waals surface area contributed by atoms with Crippen molar-refractivity contribution in [3.63, 3.8) is 0 Å². The Kier molecular flexibility index (Phi) is 5.04. The van der Waals surface area contributed by atoms with E-state index >= 15 is 0 Å².